The van der Waals surface area contributed by atoms with Gasteiger partial charge in [-0.3, -0.25) is 0 Å². The van der Waals surface area contributed by atoms with Crippen LogP contribution in [0.2, 0.25) is 0 Å². The molecule has 66 valence electrons. The molecule has 0 amide bonds. The first kappa shape index (κ1) is 9.53. The van der Waals surface area contributed by atoms with Gasteiger partial charge in [-0.15, -0.1) is 0 Å². The van der Waals surface area contributed by atoms with Crippen LogP contribution in [0.25, 0.3) is 11.6 Å². The molecule has 0 aliphatic rings. The molecule has 0 spiro atoms. The highest BCUT2D eigenvalue weighted by molar-refractivity contribution is 5.65. The van der Waals surface area contributed by atoms with Gasteiger partial charge in [-0.1, -0.05) is 55.7 Å². The minimum absolute atomic E-state index is 1.08. The molecule has 0 fully saturated rings. The van der Waals surface area contributed by atoms with Gasteiger partial charge in [0.05, 0.1) is 0 Å². The van der Waals surface area contributed by atoms with E-state index in [0.29, 0.717) is 0 Å². The van der Waals surface area contributed by atoms with E-state index in [1.165, 1.54) is 10.4 Å². The summed E-state index contributed by atoms with van der Waals surface area (Å²) < 4.78 is 0. The predicted molar refractivity (Wildman–Crippen MR) is 59.6 cm³/mol. The highest BCUT2D eigenvalue weighted by Crippen LogP contribution is 1.92. The first-order valence-corrected chi connectivity index (χ1v) is 4.34. The molecule has 0 N–H and O–H groups in total. The Morgan fingerprint density at radius 1 is 1.15 bits per heavy atom. The molecule has 0 bridgehead atoms. The van der Waals surface area contributed by atoms with Gasteiger partial charge in [0.2, 0.25) is 0 Å². The third kappa shape index (κ3) is 1.97. The Morgan fingerprint density at radius 2 is 1.77 bits per heavy atom. The Labute approximate surface area is 79.2 Å². The minimum atomic E-state index is 1.08. The zero-order valence-electron chi connectivity index (χ0n) is 7.96. The largest absolute Gasteiger partial charge is 0.0984 e. The van der Waals surface area contributed by atoms with Gasteiger partial charge < -0.3 is 0 Å². The molecule has 0 heterocycles. The van der Waals surface area contributed by atoms with Gasteiger partial charge in [0.25, 0.3) is 0 Å². The van der Waals surface area contributed by atoms with E-state index in [1.54, 1.807) is 0 Å². The van der Waals surface area contributed by atoms with Crippen LogP contribution in [-0.2, 0) is 0 Å². The van der Waals surface area contributed by atoms with E-state index in [0.717, 1.165) is 5.57 Å². The highest BCUT2D eigenvalue weighted by atomic mass is 13.9. The third-order valence-corrected chi connectivity index (χ3v) is 2.02. The molecule has 1 aromatic rings. The molecule has 0 aliphatic heterocycles. The molecular weight excluding hydrogens is 156 g/mol. The van der Waals surface area contributed by atoms with Crippen LogP contribution < -0.4 is 10.4 Å². The number of rotatable bonds is 2. The van der Waals surface area contributed by atoms with Crippen molar-refractivity contribution in [1.29, 1.82) is 0 Å². The Kier molecular flexibility index (Phi) is 3.27. The Hall–Kier alpha value is -1.56. The third-order valence-electron chi connectivity index (χ3n) is 2.02. The molecule has 0 radical (unpaired) electrons. The lowest BCUT2D eigenvalue weighted by atomic mass is 10.1. The number of hydrogen-bond acceptors (Lipinski definition) is 0. The first-order chi connectivity index (χ1) is 6.33. The highest BCUT2D eigenvalue weighted by Gasteiger charge is 1.87. The quantitative estimate of drug-likeness (QED) is 0.637. The van der Waals surface area contributed by atoms with Crippen LogP contribution in [0.1, 0.15) is 6.92 Å². The van der Waals surface area contributed by atoms with E-state index in [1.807, 2.05) is 31.2 Å². The zero-order chi connectivity index (χ0) is 9.68. The van der Waals surface area contributed by atoms with E-state index < -0.39 is 0 Å². The van der Waals surface area contributed by atoms with Crippen LogP contribution in [0, 0.1) is 0 Å². The maximum absolute atomic E-state index is 3.76. The molecule has 1 rings (SSSR count). The second kappa shape index (κ2) is 4.46. The van der Waals surface area contributed by atoms with Crippen LogP contribution in [0.15, 0.2) is 49.6 Å². The summed E-state index contributed by atoms with van der Waals surface area (Å²) in [6.07, 6.45) is 5.74. The monoisotopic (exact) mass is 170 g/mol. The van der Waals surface area contributed by atoms with E-state index >= 15 is 0 Å². The van der Waals surface area contributed by atoms with Crippen LogP contribution in [-0.4, -0.2) is 0 Å². The van der Waals surface area contributed by atoms with Crippen LogP contribution in [0.4, 0.5) is 0 Å². The van der Waals surface area contributed by atoms with Crippen molar-refractivity contribution in [3.8, 4) is 0 Å². The summed E-state index contributed by atoms with van der Waals surface area (Å²) in [5.41, 5.74) is 1.08. The fraction of sp³-hybridized carbons (Fsp3) is 0.0769. The molecule has 0 nitrogen and oxygen atoms in total. The van der Waals surface area contributed by atoms with Crippen molar-refractivity contribution >= 4 is 11.6 Å². The van der Waals surface area contributed by atoms with Gasteiger partial charge in [-0.2, -0.15) is 0 Å². The molecule has 0 heteroatoms. The average Bonchev–Trinajstić information content (AvgIpc) is 2.20. The van der Waals surface area contributed by atoms with Crippen LogP contribution in [0.3, 0.4) is 0 Å². The van der Waals surface area contributed by atoms with E-state index in [2.05, 4.69) is 31.4 Å². The topological polar surface area (TPSA) is 0 Å². The molecule has 0 aliphatic carbocycles. The Bertz CT molecular complexity index is 412. The van der Waals surface area contributed by atoms with Gasteiger partial charge in [-0.05, 0) is 22.9 Å². The molecule has 13 heavy (non-hydrogen) atoms. The summed E-state index contributed by atoms with van der Waals surface area (Å²) in [7, 11) is 0. The molecule has 1 aromatic carbocycles. The van der Waals surface area contributed by atoms with Crippen molar-refractivity contribution in [1.82, 2.24) is 0 Å². The number of benzene rings is 1. The van der Waals surface area contributed by atoms with Crippen molar-refractivity contribution < 1.29 is 0 Å². The van der Waals surface area contributed by atoms with Crippen molar-refractivity contribution in [3.63, 3.8) is 0 Å². The molecule has 0 aromatic heterocycles. The van der Waals surface area contributed by atoms with Gasteiger partial charge in [0, 0.05) is 0 Å². The molecular formula is C13H14. The lowest BCUT2D eigenvalue weighted by Crippen LogP contribution is -2.25. The number of allylic oxidation sites excluding steroid dienone is 2. The second-order valence-electron chi connectivity index (χ2n) is 2.74. The number of hydrogen-bond donors (Lipinski definition) is 0. The van der Waals surface area contributed by atoms with Crippen molar-refractivity contribution in [2.24, 2.45) is 0 Å². The van der Waals surface area contributed by atoms with Gasteiger partial charge in [-0.25, -0.2) is 0 Å². The molecule has 0 atom stereocenters. The van der Waals surface area contributed by atoms with Gasteiger partial charge in [0.1, 0.15) is 0 Å². The van der Waals surface area contributed by atoms with Crippen molar-refractivity contribution in [2.45, 2.75) is 6.92 Å². The standard InChI is InChI=1S/C13H14/c1-4-11(5-2)13-10-8-7-9-12(13)6-3/h4-10H,1-2H2,3H3/b12-6-. The van der Waals surface area contributed by atoms with Crippen molar-refractivity contribution in [2.75, 3.05) is 0 Å². The maximum Gasteiger partial charge on any atom is -0.0115 e. The predicted octanol–water partition coefficient (Wildman–Crippen LogP) is 2.01. The summed E-state index contributed by atoms with van der Waals surface area (Å²) in [5.74, 6) is 0. The lowest BCUT2D eigenvalue weighted by molar-refractivity contribution is 1.49. The lowest BCUT2D eigenvalue weighted by Gasteiger charge is -1.94. The summed E-state index contributed by atoms with van der Waals surface area (Å²) in [5, 5.41) is 2.41. The second-order valence-corrected chi connectivity index (χ2v) is 2.74. The van der Waals surface area contributed by atoms with Crippen molar-refractivity contribution in [3.05, 3.63) is 60.0 Å². The molecule has 0 unspecified atom stereocenters. The maximum atomic E-state index is 3.76. The smallest absolute Gasteiger partial charge is 0.0115 e. The SMILES string of the molecule is C=CC(C=C)=c1cccc/c1=C/C. The van der Waals surface area contributed by atoms with Crippen LogP contribution >= 0.6 is 0 Å². The average molecular weight is 170 g/mol. The normalized spacial score (nSPS) is 11.0. The minimum Gasteiger partial charge on any atom is -0.0984 e. The van der Waals surface area contributed by atoms with E-state index in [9.17, 15) is 0 Å². The van der Waals surface area contributed by atoms with Crippen LogP contribution in [0.5, 0.6) is 0 Å². The van der Waals surface area contributed by atoms with Gasteiger partial charge in [0.15, 0.2) is 0 Å². The summed E-state index contributed by atoms with van der Waals surface area (Å²) >= 11 is 0. The summed E-state index contributed by atoms with van der Waals surface area (Å²) in [6, 6.07) is 8.22. The fourth-order valence-corrected chi connectivity index (χ4v) is 1.31. The van der Waals surface area contributed by atoms with E-state index in [-0.39, 0.29) is 0 Å². The summed E-state index contributed by atoms with van der Waals surface area (Å²) in [6.45, 7) is 9.55. The molecule has 0 saturated carbocycles. The fourth-order valence-electron chi connectivity index (χ4n) is 1.31. The van der Waals surface area contributed by atoms with Gasteiger partial charge >= 0.3 is 0 Å². The molecule has 0 saturated heterocycles. The summed E-state index contributed by atoms with van der Waals surface area (Å²) in [4.78, 5) is 0. The Morgan fingerprint density at radius 3 is 2.31 bits per heavy atom. The Balaban J connectivity index is 3.71. The zero-order valence-corrected chi connectivity index (χ0v) is 7.96. The van der Waals surface area contributed by atoms with E-state index in [4.69, 9.17) is 0 Å². The first-order valence-electron chi connectivity index (χ1n) is 4.34.